The lowest BCUT2D eigenvalue weighted by atomic mass is 9.69. The highest BCUT2D eigenvalue weighted by Crippen LogP contribution is 2.67. The molecule has 4 atom stereocenters. The van der Waals surface area contributed by atoms with Gasteiger partial charge in [0.05, 0.1) is 11.5 Å². The number of hydrogen-bond acceptors (Lipinski definition) is 3. The molecule has 2 aliphatic rings. The second kappa shape index (κ2) is 5.01. The molecule has 0 saturated heterocycles. The molecule has 2 aliphatic carbocycles. The van der Waals surface area contributed by atoms with Gasteiger partial charge in [0, 0.05) is 5.92 Å². The molecule has 1 unspecified atom stereocenters. The molecule has 1 N–H and O–H groups in total. The van der Waals surface area contributed by atoms with Crippen molar-refractivity contribution in [1.29, 1.82) is 0 Å². The Kier molecular flexibility index (Phi) is 4.03. The van der Waals surface area contributed by atoms with E-state index in [0.717, 1.165) is 6.92 Å². The van der Waals surface area contributed by atoms with Crippen molar-refractivity contribution in [3.8, 4) is 0 Å². The summed E-state index contributed by atoms with van der Waals surface area (Å²) in [6, 6.07) is 0. The molecule has 0 aromatic carbocycles. The smallest absolute Gasteiger partial charge is 0.418 e. The zero-order valence-corrected chi connectivity index (χ0v) is 12.9. The number of rotatable bonds is 2. The van der Waals surface area contributed by atoms with Crippen molar-refractivity contribution in [3.05, 3.63) is 0 Å². The lowest BCUT2D eigenvalue weighted by Crippen LogP contribution is -2.62. The molecule has 0 spiro atoms. The highest BCUT2D eigenvalue weighted by Gasteiger charge is 2.79. The standard InChI is InChI=1S/C14H20ClF3O3/c1-3-21-10(19)11(2)8-12(15)7-5-4-6-9(12)13(11,20)14(16,17)18/h9,20H,3-8H2,1-2H3/t9-,11+,12?,13+/m0/s1. The average Bonchev–Trinajstić information content (AvgIpc) is 2.56. The first-order chi connectivity index (χ1) is 9.53. The van der Waals surface area contributed by atoms with Gasteiger partial charge < -0.3 is 9.84 Å². The first kappa shape index (κ1) is 16.9. The fourth-order valence-electron chi connectivity index (χ4n) is 4.13. The van der Waals surface area contributed by atoms with Crippen molar-refractivity contribution in [2.24, 2.45) is 11.3 Å². The molecule has 0 heterocycles. The van der Waals surface area contributed by atoms with Crippen LogP contribution in [0.1, 0.15) is 46.0 Å². The number of ether oxygens (including phenoxy) is 1. The minimum atomic E-state index is -4.94. The number of aliphatic hydroxyl groups is 1. The van der Waals surface area contributed by atoms with Crippen LogP contribution in [0.25, 0.3) is 0 Å². The van der Waals surface area contributed by atoms with Crippen molar-refractivity contribution >= 4 is 17.6 Å². The van der Waals surface area contributed by atoms with Gasteiger partial charge in [-0.2, -0.15) is 13.2 Å². The molecule has 0 amide bonds. The first-order valence-electron chi connectivity index (χ1n) is 7.18. The normalized spacial score (nSPS) is 43.5. The molecular weight excluding hydrogens is 309 g/mol. The summed E-state index contributed by atoms with van der Waals surface area (Å²) >= 11 is 6.42. The van der Waals surface area contributed by atoms with Gasteiger partial charge in [0.1, 0.15) is 5.41 Å². The van der Waals surface area contributed by atoms with E-state index in [0.29, 0.717) is 19.3 Å². The minimum absolute atomic E-state index is 0.0394. The van der Waals surface area contributed by atoms with E-state index < -0.39 is 34.0 Å². The summed E-state index contributed by atoms with van der Waals surface area (Å²) in [7, 11) is 0. The summed E-state index contributed by atoms with van der Waals surface area (Å²) in [5.74, 6) is -2.21. The van der Waals surface area contributed by atoms with Crippen molar-refractivity contribution in [2.45, 2.75) is 62.6 Å². The van der Waals surface area contributed by atoms with E-state index in [9.17, 15) is 23.1 Å². The highest BCUT2D eigenvalue weighted by atomic mass is 35.5. The van der Waals surface area contributed by atoms with Crippen LogP contribution >= 0.6 is 11.6 Å². The Morgan fingerprint density at radius 2 is 2.05 bits per heavy atom. The molecular formula is C14H20ClF3O3. The van der Waals surface area contributed by atoms with Gasteiger partial charge in [0.25, 0.3) is 0 Å². The van der Waals surface area contributed by atoms with Crippen LogP contribution in [-0.2, 0) is 9.53 Å². The third-order valence-corrected chi connectivity index (χ3v) is 5.70. The molecule has 7 heteroatoms. The number of fused-ring (bicyclic) bond motifs is 1. The van der Waals surface area contributed by atoms with E-state index in [2.05, 4.69) is 0 Å². The summed E-state index contributed by atoms with van der Waals surface area (Å²) in [5.41, 5.74) is -5.22. The second-order valence-electron chi connectivity index (χ2n) is 6.33. The Hall–Kier alpha value is -0.490. The summed E-state index contributed by atoms with van der Waals surface area (Å²) in [6.07, 6.45) is -3.36. The molecule has 0 radical (unpaired) electrons. The van der Waals surface area contributed by atoms with Crippen LogP contribution in [0, 0.1) is 11.3 Å². The first-order valence-corrected chi connectivity index (χ1v) is 7.56. The molecule has 0 aromatic rings. The summed E-state index contributed by atoms with van der Waals surface area (Å²) in [4.78, 5) is 11.0. The predicted molar refractivity (Wildman–Crippen MR) is 70.9 cm³/mol. The predicted octanol–water partition coefficient (Wildman–Crippen LogP) is 3.42. The molecule has 2 fully saturated rings. The lowest BCUT2D eigenvalue weighted by Gasteiger charge is -2.44. The van der Waals surface area contributed by atoms with E-state index >= 15 is 0 Å². The lowest BCUT2D eigenvalue weighted by molar-refractivity contribution is -0.306. The number of carbonyl (C=O) groups is 1. The second-order valence-corrected chi connectivity index (χ2v) is 7.08. The van der Waals surface area contributed by atoms with E-state index in [1.165, 1.54) is 6.92 Å². The maximum absolute atomic E-state index is 13.7. The summed E-state index contributed by atoms with van der Waals surface area (Å²) in [6.45, 7) is 2.61. The van der Waals surface area contributed by atoms with E-state index in [-0.39, 0.29) is 19.4 Å². The largest absolute Gasteiger partial charge is 0.465 e. The Morgan fingerprint density at radius 3 is 2.57 bits per heavy atom. The molecule has 2 rings (SSSR count). The molecule has 21 heavy (non-hydrogen) atoms. The van der Waals surface area contributed by atoms with Gasteiger partial charge in [-0.05, 0) is 33.1 Å². The fraction of sp³-hybridized carbons (Fsp3) is 0.929. The van der Waals surface area contributed by atoms with Crippen LogP contribution in [0.2, 0.25) is 0 Å². The third-order valence-electron chi connectivity index (χ3n) is 5.11. The van der Waals surface area contributed by atoms with Gasteiger partial charge >= 0.3 is 12.1 Å². The average molecular weight is 329 g/mol. The van der Waals surface area contributed by atoms with Crippen LogP contribution in [0.3, 0.4) is 0 Å². The maximum Gasteiger partial charge on any atom is 0.418 e. The Bertz CT molecular complexity index is 442. The number of carbonyl (C=O) groups excluding carboxylic acids is 1. The molecule has 0 aromatic heterocycles. The Labute approximate surface area is 126 Å². The van der Waals surface area contributed by atoms with Crippen LogP contribution in [0.5, 0.6) is 0 Å². The van der Waals surface area contributed by atoms with Gasteiger partial charge in [-0.3, -0.25) is 4.79 Å². The SMILES string of the molecule is CCOC(=O)[C@@]1(C)CC2(Cl)CCCC[C@@H]2[C@]1(O)C(F)(F)F. The van der Waals surface area contributed by atoms with E-state index in [1.54, 1.807) is 0 Å². The van der Waals surface area contributed by atoms with E-state index in [4.69, 9.17) is 16.3 Å². The summed E-state index contributed by atoms with van der Waals surface area (Å²) in [5, 5.41) is 10.6. The molecule has 2 saturated carbocycles. The summed E-state index contributed by atoms with van der Waals surface area (Å²) < 4.78 is 45.8. The van der Waals surface area contributed by atoms with Crippen LogP contribution in [-0.4, -0.2) is 34.3 Å². The maximum atomic E-state index is 13.7. The molecule has 3 nitrogen and oxygen atoms in total. The zero-order valence-electron chi connectivity index (χ0n) is 12.1. The topological polar surface area (TPSA) is 46.5 Å². The minimum Gasteiger partial charge on any atom is -0.465 e. The molecule has 0 aliphatic heterocycles. The monoisotopic (exact) mass is 328 g/mol. The number of hydrogen-bond donors (Lipinski definition) is 1. The van der Waals surface area contributed by atoms with Crippen molar-refractivity contribution in [3.63, 3.8) is 0 Å². The Balaban J connectivity index is 2.55. The van der Waals surface area contributed by atoms with Crippen molar-refractivity contribution in [1.82, 2.24) is 0 Å². The fourth-order valence-corrected chi connectivity index (χ4v) is 4.80. The van der Waals surface area contributed by atoms with Gasteiger partial charge in [-0.1, -0.05) is 12.8 Å². The van der Waals surface area contributed by atoms with Crippen molar-refractivity contribution in [2.75, 3.05) is 6.61 Å². The van der Waals surface area contributed by atoms with Crippen molar-refractivity contribution < 1.29 is 27.8 Å². The van der Waals surface area contributed by atoms with Crippen LogP contribution < -0.4 is 0 Å². The van der Waals surface area contributed by atoms with Crippen LogP contribution in [0.15, 0.2) is 0 Å². The molecule has 122 valence electrons. The van der Waals surface area contributed by atoms with E-state index in [1.807, 2.05) is 0 Å². The number of halogens is 4. The third kappa shape index (κ3) is 2.17. The molecule has 0 bridgehead atoms. The van der Waals surface area contributed by atoms with Gasteiger partial charge in [0.2, 0.25) is 0 Å². The van der Waals surface area contributed by atoms with Gasteiger partial charge in [0.15, 0.2) is 5.60 Å². The zero-order chi connectivity index (χ0) is 16.1. The number of alkyl halides is 4. The quantitative estimate of drug-likeness (QED) is 0.624. The van der Waals surface area contributed by atoms with Gasteiger partial charge in [-0.25, -0.2) is 0 Å². The van der Waals surface area contributed by atoms with Crippen LogP contribution in [0.4, 0.5) is 13.2 Å². The number of esters is 1. The Morgan fingerprint density at radius 1 is 1.43 bits per heavy atom. The van der Waals surface area contributed by atoms with Gasteiger partial charge in [-0.15, -0.1) is 11.6 Å². The highest BCUT2D eigenvalue weighted by molar-refractivity contribution is 6.25.